The molecular formula is C22H21FN2O4. The molecule has 0 spiro atoms. The molecule has 0 aliphatic carbocycles. The zero-order chi connectivity index (χ0) is 20.8. The highest BCUT2D eigenvalue weighted by Crippen LogP contribution is 2.53. The Hall–Kier alpha value is -3.06. The second kappa shape index (κ2) is 7.08. The third-order valence-electron chi connectivity index (χ3n) is 5.84. The number of rotatable bonds is 4. The number of imide groups is 1. The maximum Gasteiger partial charge on any atom is 0.331 e. The largest absolute Gasteiger partial charge is 0.464 e. The molecule has 2 aliphatic heterocycles. The molecule has 150 valence electrons. The van der Waals surface area contributed by atoms with Crippen molar-refractivity contribution in [3.8, 4) is 0 Å². The zero-order valence-corrected chi connectivity index (χ0v) is 16.1. The monoisotopic (exact) mass is 396 g/mol. The smallest absolute Gasteiger partial charge is 0.331 e. The quantitative estimate of drug-likeness (QED) is 0.633. The summed E-state index contributed by atoms with van der Waals surface area (Å²) in [6.07, 6.45) is 0. The average molecular weight is 396 g/mol. The highest BCUT2D eigenvalue weighted by molar-refractivity contribution is 6.09. The Bertz CT molecular complexity index is 963. The molecule has 1 N–H and O–H groups in total. The minimum absolute atomic E-state index is 0.131. The molecule has 2 aromatic rings. The number of carbonyl (C=O) groups is 3. The van der Waals surface area contributed by atoms with Crippen molar-refractivity contribution >= 4 is 17.8 Å². The fourth-order valence-corrected chi connectivity index (χ4v) is 4.52. The standard InChI is InChI=1S/C22H21FN2O4/c1-3-29-21(28)22(14-7-5-4-6-8-14)17-16(19(26)25(2)20(17)27)18(24-22)13-9-11-15(23)12-10-13/h4-12,16-18,24H,3H2,1-2H3/t16-,17+,18+,22+/m0/s1. The second-order valence-corrected chi connectivity index (χ2v) is 7.31. The highest BCUT2D eigenvalue weighted by atomic mass is 19.1. The fourth-order valence-electron chi connectivity index (χ4n) is 4.52. The van der Waals surface area contributed by atoms with Gasteiger partial charge in [0.1, 0.15) is 5.82 Å². The third kappa shape index (κ3) is 2.76. The van der Waals surface area contributed by atoms with Gasteiger partial charge in [0.2, 0.25) is 11.8 Å². The van der Waals surface area contributed by atoms with Gasteiger partial charge in [-0.25, -0.2) is 9.18 Å². The molecule has 4 rings (SSSR count). The third-order valence-corrected chi connectivity index (χ3v) is 5.84. The fraction of sp³-hybridized carbons (Fsp3) is 0.318. The van der Waals surface area contributed by atoms with E-state index in [1.165, 1.54) is 19.2 Å². The Labute approximate surface area is 167 Å². The number of halogens is 1. The van der Waals surface area contributed by atoms with Gasteiger partial charge in [-0.15, -0.1) is 0 Å². The van der Waals surface area contributed by atoms with Crippen LogP contribution in [0.25, 0.3) is 0 Å². The van der Waals surface area contributed by atoms with Crippen LogP contribution in [0.1, 0.15) is 24.1 Å². The van der Waals surface area contributed by atoms with Crippen LogP contribution in [0.3, 0.4) is 0 Å². The Kier molecular flexibility index (Phi) is 4.70. The number of amides is 2. The van der Waals surface area contributed by atoms with Gasteiger partial charge in [0.25, 0.3) is 0 Å². The number of nitrogens with zero attached hydrogens (tertiary/aromatic N) is 1. The zero-order valence-electron chi connectivity index (χ0n) is 16.1. The van der Waals surface area contributed by atoms with Crippen molar-refractivity contribution in [1.29, 1.82) is 0 Å². The summed E-state index contributed by atoms with van der Waals surface area (Å²) in [6.45, 7) is 1.82. The molecule has 0 unspecified atom stereocenters. The maximum absolute atomic E-state index is 13.5. The summed E-state index contributed by atoms with van der Waals surface area (Å²) in [5.74, 6) is -3.59. The van der Waals surface area contributed by atoms with E-state index in [0.29, 0.717) is 11.1 Å². The molecule has 6 nitrogen and oxygen atoms in total. The molecule has 2 amide bonds. The first-order valence-electron chi connectivity index (χ1n) is 9.49. The Morgan fingerprint density at radius 2 is 1.76 bits per heavy atom. The first-order chi connectivity index (χ1) is 13.9. The van der Waals surface area contributed by atoms with Crippen LogP contribution < -0.4 is 5.32 Å². The van der Waals surface area contributed by atoms with Crippen molar-refractivity contribution in [3.05, 3.63) is 71.5 Å². The number of hydrogen-bond donors (Lipinski definition) is 1. The molecule has 29 heavy (non-hydrogen) atoms. The van der Waals surface area contributed by atoms with Crippen molar-refractivity contribution in [2.24, 2.45) is 11.8 Å². The van der Waals surface area contributed by atoms with E-state index < -0.39 is 41.1 Å². The van der Waals surface area contributed by atoms with Gasteiger partial charge in [-0.2, -0.15) is 0 Å². The van der Waals surface area contributed by atoms with E-state index in [1.54, 1.807) is 49.4 Å². The summed E-state index contributed by atoms with van der Waals surface area (Å²) in [7, 11) is 1.42. The van der Waals surface area contributed by atoms with Crippen LogP contribution in [0.4, 0.5) is 4.39 Å². The number of likely N-dealkylation sites (tertiary alicyclic amines) is 1. The first kappa shape index (κ1) is 19.3. The van der Waals surface area contributed by atoms with Crippen molar-refractivity contribution < 1.29 is 23.5 Å². The number of hydrogen-bond acceptors (Lipinski definition) is 5. The van der Waals surface area contributed by atoms with Gasteiger partial charge < -0.3 is 4.74 Å². The van der Waals surface area contributed by atoms with E-state index in [2.05, 4.69) is 5.32 Å². The molecule has 7 heteroatoms. The van der Waals surface area contributed by atoms with Crippen molar-refractivity contribution in [2.45, 2.75) is 18.5 Å². The van der Waals surface area contributed by atoms with Crippen molar-refractivity contribution in [1.82, 2.24) is 10.2 Å². The van der Waals surface area contributed by atoms with Crippen LogP contribution in [0.5, 0.6) is 0 Å². The normalized spacial score (nSPS) is 28.5. The van der Waals surface area contributed by atoms with Gasteiger partial charge in [0.05, 0.1) is 18.4 Å². The molecular weight excluding hydrogens is 375 g/mol. The molecule has 0 bridgehead atoms. The van der Waals surface area contributed by atoms with E-state index in [0.717, 1.165) is 4.90 Å². The Morgan fingerprint density at radius 1 is 1.10 bits per heavy atom. The lowest BCUT2D eigenvalue weighted by atomic mass is 9.75. The van der Waals surface area contributed by atoms with Gasteiger partial charge >= 0.3 is 5.97 Å². The summed E-state index contributed by atoms with van der Waals surface area (Å²) in [4.78, 5) is 40.5. The van der Waals surface area contributed by atoms with Crippen LogP contribution in [0.15, 0.2) is 54.6 Å². The van der Waals surface area contributed by atoms with E-state index in [1.807, 2.05) is 0 Å². The van der Waals surface area contributed by atoms with E-state index in [9.17, 15) is 18.8 Å². The molecule has 0 saturated carbocycles. The Balaban J connectivity index is 1.93. The summed E-state index contributed by atoms with van der Waals surface area (Å²) >= 11 is 0. The molecule has 2 heterocycles. The van der Waals surface area contributed by atoms with Crippen LogP contribution in [0.2, 0.25) is 0 Å². The summed E-state index contributed by atoms with van der Waals surface area (Å²) in [5.41, 5.74) is -0.340. The predicted octanol–water partition coefficient (Wildman–Crippen LogP) is 2.16. The number of fused-ring (bicyclic) bond motifs is 1. The number of ether oxygens (including phenoxy) is 1. The first-order valence-corrected chi connectivity index (χ1v) is 9.49. The number of esters is 1. The van der Waals surface area contributed by atoms with Crippen LogP contribution in [-0.4, -0.2) is 36.3 Å². The number of carbonyl (C=O) groups excluding carboxylic acids is 3. The second-order valence-electron chi connectivity index (χ2n) is 7.31. The lowest BCUT2D eigenvalue weighted by Gasteiger charge is -2.33. The summed E-state index contributed by atoms with van der Waals surface area (Å²) < 4.78 is 18.8. The lowest BCUT2D eigenvalue weighted by Crippen LogP contribution is -2.53. The molecule has 0 aromatic heterocycles. The van der Waals surface area contributed by atoms with Gasteiger partial charge in [0, 0.05) is 13.1 Å². The molecule has 2 fully saturated rings. The van der Waals surface area contributed by atoms with Gasteiger partial charge in [-0.05, 0) is 30.2 Å². The van der Waals surface area contributed by atoms with Gasteiger partial charge in [-0.1, -0.05) is 42.5 Å². The van der Waals surface area contributed by atoms with Crippen LogP contribution >= 0.6 is 0 Å². The molecule has 4 atom stereocenters. The number of nitrogens with one attached hydrogen (secondary N) is 1. The highest BCUT2D eigenvalue weighted by Gasteiger charge is 2.69. The molecule has 2 saturated heterocycles. The SMILES string of the molecule is CCOC(=O)[C@]1(c2ccccc2)N[C@H](c2ccc(F)cc2)[C@H]2C(=O)N(C)C(=O)[C@@H]21. The lowest BCUT2D eigenvalue weighted by molar-refractivity contribution is -0.156. The average Bonchev–Trinajstić information content (AvgIpc) is 3.20. The van der Waals surface area contributed by atoms with Crippen molar-refractivity contribution in [3.63, 3.8) is 0 Å². The maximum atomic E-state index is 13.5. The van der Waals surface area contributed by atoms with E-state index in [-0.39, 0.29) is 12.5 Å². The minimum atomic E-state index is -1.52. The summed E-state index contributed by atoms with van der Waals surface area (Å²) in [5, 5.41) is 3.26. The van der Waals surface area contributed by atoms with Gasteiger partial charge in [-0.3, -0.25) is 19.8 Å². The molecule has 0 radical (unpaired) electrons. The van der Waals surface area contributed by atoms with E-state index >= 15 is 0 Å². The van der Waals surface area contributed by atoms with E-state index in [4.69, 9.17) is 4.74 Å². The van der Waals surface area contributed by atoms with Gasteiger partial charge in [0.15, 0.2) is 5.54 Å². The Morgan fingerprint density at radius 3 is 2.38 bits per heavy atom. The van der Waals surface area contributed by atoms with Crippen LogP contribution in [0, 0.1) is 17.7 Å². The number of benzene rings is 2. The van der Waals surface area contributed by atoms with Crippen molar-refractivity contribution in [2.75, 3.05) is 13.7 Å². The molecule has 2 aliphatic rings. The summed E-state index contributed by atoms with van der Waals surface area (Å²) in [6, 6.07) is 13.9. The topological polar surface area (TPSA) is 75.7 Å². The van der Waals surface area contributed by atoms with Crippen LogP contribution in [-0.2, 0) is 24.7 Å². The molecule has 2 aromatic carbocycles. The minimum Gasteiger partial charge on any atom is -0.464 e. The predicted molar refractivity (Wildman–Crippen MR) is 102 cm³/mol.